The van der Waals surface area contributed by atoms with E-state index in [-0.39, 0.29) is 5.97 Å². The molecule has 100 valence electrons. The Balaban J connectivity index is 2.09. The lowest BCUT2D eigenvalue weighted by atomic mass is 10.2. The molecule has 1 atom stereocenters. The normalized spacial score (nSPS) is 12.1. The summed E-state index contributed by atoms with van der Waals surface area (Å²) in [7, 11) is 1.39. The molecule has 0 spiro atoms. The third kappa shape index (κ3) is 3.62. The first-order chi connectivity index (χ1) is 9.20. The van der Waals surface area contributed by atoms with Crippen LogP contribution in [0.1, 0.15) is 22.3 Å². The molecular weight excluding hydrogens is 260 g/mol. The number of aromatic nitrogens is 1. The van der Waals surface area contributed by atoms with E-state index in [9.17, 15) is 4.79 Å². The van der Waals surface area contributed by atoms with Gasteiger partial charge in [-0.1, -0.05) is 30.3 Å². The fraction of sp³-hybridized carbons (Fsp3) is 0.286. The lowest BCUT2D eigenvalue weighted by molar-refractivity contribution is -0.143. The predicted octanol–water partition coefficient (Wildman–Crippen LogP) is 2.46. The predicted molar refractivity (Wildman–Crippen MR) is 74.9 cm³/mol. The molecule has 0 amide bonds. The van der Waals surface area contributed by atoms with E-state index in [0.29, 0.717) is 12.2 Å². The van der Waals surface area contributed by atoms with Crippen LogP contribution in [0.2, 0.25) is 0 Å². The number of nitrogens with one attached hydrogen (secondary N) is 1. The average molecular weight is 276 g/mol. The maximum Gasteiger partial charge on any atom is 0.329 e. The van der Waals surface area contributed by atoms with Crippen LogP contribution in [0.3, 0.4) is 0 Å². The van der Waals surface area contributed by atoms with Crippen LogP contribution in [0.5, 0.6) is 0 Å². The van der Waals surface area contributed by atoms with Crippen molar-refractivity contribution in [1.82, 2.24) is 10.3 Å². The van der Waals surface area contributed by atoms with Crippen molar-refractivity contribution < 1.29 is 9.53 Å². The molecule has 4 nitrogen and oxygen atoms in total. The molecule has 0 aliphatic rings. The highest BCUT2D eigenvalue weighted by Gasteiger charge is 2.23. The highest BCUT2D eigenvalue weighted by molar-refractivity contribution is 7.09. The van der Waals surface area contributed by atoms with Crippen LogP contribution in [0.4, 0.5) is 0 Å². The highest BCUT2D eigenvalue weighted by Crippen LogP contribution is 2.18. The summed E-state index contributed by atoms with van der Waals surface area (Å²) in [5, 5.41) is 6.01. The van der Waals surface area contributed by atoms with Crippen LogP contribution in [-0.2, 0) is 16.1 Å². The van der Waals surface area contributed by atoms with Gasteiger partial charge < -0.3 is 4.74 Å². The third-order valence-corrected chi connectivity index (χ3v) is 3.51. The van der Waals surface area contributed by atoms with Gasteiger partial charge in [0.25, 0.3) is 0 Å². The maximum atomic E-state index is 11.8. The second-order valence-corrected chi connectivity index (χ2v) is 5.18. The van der Waals surface area contributed by atoms with Crippen LogP contribution >= 0.6 is 11.3 Å². The molecule has 19 heavy (non-hydrogen) atoms. The molecule has 1 unspecified atom stereocenters. The molecule has 0 aliphatic carbocycles. The van der Waals surface area contributed by atoms with Crippen molar-refractivity contribution in [3.05, 3.63) is 52.0 Å². The Labute approximate surface area is 116 Å². The molecule has 1 N–H and O–H groups in total. The summed E-state index contributed by atoms with van der Waals surface area (Å²) in [6.45, 7) is 2.51. The van der Waals surface area contributed by atoms with Gasteiger partial charge in [-0.25, -0.2) is 9.78 Å². The van der Waals surface area contributed by atoms with E-state index in [2.05, 4.69) is 10.3 Å². The van der Waals surface area contributed by atoms with Crippen molar-refractivity contribution in [2.75, 3.05) is 7.11 Å². The van der Waals surface area contributed by atoms with Gasteiger partial charge in [-0.05, 0) is 12.5 Å². The number of benzene rings is 1. The number of nitrogens with zero attached hydrogens (tertiary/aromatic N) is 1. The lowest BCUT2D eigenvalue weighted by Crippen LogP contribution is -2.29. The largest absolute Gasteiger partial charge is 0.468 e. The molecule has 0 saturated carbocycles. The number of aryl methyl sites for hydroxylation is 1. The summed E-state index contributed by atoms with van der Waals surface area (Å²) >= 11 is 1.52. The van der Waals surface area contributed by atoms with Crippen molar-refractivity contribution in [3.8, 4) is 0 Å². The fourth-order valence-electron chi connectivity index (χ4n) is 1.76. The van der Waals surface area contributed by atoms with Gasteiger partial charge in [0, 0.05) is 11.9 Å². The van der Waals surface area contributed by atoms with Gasteiger partial charge in [0.15, 0.2) is 0 Å². The molecule has 0 saturated heterocycles. The number of rotatable bonds is 5. The Morgan fingerprint density at radius 3 is 2.74 bits per heavy atom. The maximum absolute atomic E-state index is 11.8. The van der Waals surface area contributed by atoms with Gasteiger partial charge in [0.05, 0.1) is 17.8 Å². The molecule has 2 rings (SSSR count). The molecular formula is C14H16N2O2S. The Bertz CT molecular complexity index is 539. The molecule has 0 aliphatic heterocycles. The molecule has 5 heteroatoms. The monoisotopic (exact) mass is 276 g/mol. The second-order valence-electron chi connectivity index (χ2n) is 4.11. The Morgan fingerprint density at radius 2 is 2.16 bits per heavy atom. The summed E-state index contributed by atoms with van der Waals surface area (Å²) in [5.74, 6) is -0.318. The Hall–Kier alpha value is -1.72. The van der Waals surface area contributed by atoms with Crippen molar-refractivity contribution >= 4 is 17.3 Å². The van der Waals surface area contributed by atoms with Gasteiger partial charge in [-0.15, -0.1) is 11.3 Å². The van der Waals surface area contributed by atoms with Gasteiger partial charge in [0.2, 0.25) is 0 Å². The highest BCUT2D eigenvalue weighted by atomic mass is 32.1. The molecule has 0 fully saturated rings. The van der Waals surface area contributed by atoms with Crippen LogP contribution in [0.25, 0.3) is 0 Å². The summed E-state index contributed by atoms with van der Waals surface area (Å²) in [6, 6.07) is 9.40. The number of thiazole rings is 1. The van der Waals surface area contributed by atoms with E-state index in [0.717, 1.165) is 10.6 Å². The van der Waals surface area contributed by atoms with Crippen LogP contribution in [-0.4, -0.2) is 18.1 Å². The van der Waals surface area contributed by atoms with Crippen molar-refractivity contribution in [1.29, 1.82) is 0 Å². The smallest absolute Gasteiger partial charge is 0.329 e. The van der Waals surface area contributed by atoms with E-state index >= 15 is 0 Å². The van der Waals surface area contributed by atoms with E-state index < -0.39 is 6.04 Å². The molecule has 1 heterocycles. The number of carbonyl (C=O) groups is 1. The number of hydrogen-bond donors (Lipinski definition) is 1. The molecule has 0 bridgehead atoms. The zero-order valence-electron chi connectivity index (χ0n) is 10.9. The lowest BCUT2D eigenvalue weighted by Gasteiger charge is -2.14. The van der Waals surface area contributed by atoms with Gasteiger partial charge in [-0.2, -0.15) is 0 Å². The molecule has 2 aromatic rings. The minimum Gasteiger partial charge on any atom is -0.468 e. The number of hydrogen-bond acceptors (Lipinski definition) is 5. The Morgan fingerprint density at radius 1 is 1.42 bits per heavy atom. The number of methoxy groups -OCH3 is 1. The van der Waals surface area contributed by atoms with Gasteiger partial charge in [0.1, 0.15) is 6.04 Å². The van der Waals surface area contributed by atoms with Gasteiger partial charge >= 0.3 is 5.97 Å². The van der Waals surface area contributed by atoms with E-state index in [1.54, 1.807) is 0 Å². The van der Waals surface area contributed by atoms with Crippen molar-refractivity contribution in [3.63, 3.8) is 0 Å². The van der Waals surface area contributed by atoms with Crippen LogP contribution < -0.4 is 5.32 Å². The molecule has 1 aromatic carbocycles. The standard InChI is InChI=1S/C14H16N2O2S/c1-10-16-12(9-19-10)13(14(17)18-2)15-8-11-6-4-3-5-7-11/h3-7,9,13,15H,8H2,1-2H3. The van der Waals surface area contributed by atoms with E-state index in [1.807, 2.05) is 42.6 Å². The van der Waals surface area contributed by atoms with Gasteiger partial charge in [-0.3, -0.25) is 5.32 Å². The number of esters is 1. The summed E-state index contributed by atoms with van der Waals surface area (Å²) in [5.41, 5.74) is 1.83. The average Bonchev–Trinajstić information content (AvgIpc) is 2.86. The first kappa shape index (κ1) is 13.7. The number of ether oxygens (including phenoxy) is 1. The van der Waals surface area contributed by atoms with E-state index in [4.69, 9.17) is 4.74 Å². The summed E-state index contributed by atoms with van der Waals surface area (Å²) in [4.78, 5) is 16.2. The minimum atomic E-state index is -0.518. The van der Waals surface area contributed by atoms with Crippen LogP contribution in [0.15, 0.2) is 35.7 Å². The molecule has 0 radical (unpaired) electrons. The first-order valence-electron chi connectivity index (χ1n) is 5.98. The topological polar surface area (TPSA) is 51.2 Å². The van der Waals surface area contributed by atoms with Crippen molar-refractivity contribution in [2.45, 2.75) is 19.5 Å². The number of carbonyl (C=O) groups excluding carboxylic acids is 1. The second kappa shape index (κ2) is 6.45. The van der Waals surface area contributed by atoms with E-state index in [1.165, 1.54) is 18.4 Å². The summed E-state index contributed by atoms with van der Waals surface area (Å²) in [6.07, 6.45) is 0. The van der Waals surface area contributed by atoms with Crippen molar-refractivity contribution in [2.24, 2.45) is 0 Å². The minimum absolute atomic E-state index is 0.318. The van der Waals surface area contributed by atoms with Crippen LogP contribution in [0, 0.1) is 6.92 Å². The molecule has 1 aromatic heterocycles. The fourth-order valence-corrected chi connectivity index (χ4v) is 2.39. The quantitative estimate of drug-likeness (QED) is 0.852. The zero-order chi connectivity index (χ0) is 13.7. The Kier molecular flexibility index (Phi) is 4.65. The SMILES string of the molecule is COC(=O)C(NCc1ccccc1)c1csc(C)n1. The summed E-state index contributed by atoms with van der Waals surface area (Å²) < 4.78 is 4.83. The zero-order valence-corrected chi connectivity index (χ0v) is 11.7. The first-order valence-corrected chi connectivity index (χ1v) is 6.86. The third-order valence-electron chi connectivity index (χ3n) is 2.72.